The molecule has 1 unspecified atom stereocenters. The molecule has 2 aliphatic heterocycles. The predicted molar refractivity (Wildman–Crippen MR) is 108 cm³/mol. The van der Waals surface area contributed by atoms with Crippen LogP contribution in [0.4, 0.5) is 4.79 Å². The highest BCUT2D eigenvalue weighted by Crippen LogP contribution is 2.27. The van der Waals surface area contributed by atoms with E-state index in [0.717, 1.165) is 19.3 Å². The highest BCUT2D eigenvalue weighted by atomic mass is 16.6. The predicted octanol–water partition coefficient (Wildman–Crippen LogP) is 3.40. The van der Waals surface area contributed by atoms with Gasteiger partial charge in [-0.25, -0.2) is 4.79 Å². The number of amides is 2. The maximum absolute atomic E-state index is 13.2. The van der Waals surface area contributed by atoms with Crippen LogP contribution in [0.5, 0.6) is 5.75 Å². The summed E-state index contributed by atoms with van der Waals surface area (Å²) in [5, 5.41) is 3.98. The molecule has 0 spiro atoms. The quantitative estimate of drug-likeness (QED) is 0.722. The number of nitrogens with zero attached hydrogens (tertiary/aromatic N) is 3. The Hall–Kier alpha value is -3.03. The van der Waals surface area contributed by atoms with Crippen molar-refractivity contribution in [1.29, 1.82) is 0 Å². The van der Waals surface area contributed by atoms with Crippen LogP contribution in [0, 0.1) is 6.92 Å². The Morgan fingerprint density at radius 3 is 2.67 bits per heavy atom. The Labute approximate surface area is 175 Å². The molecule has 0 bridgehead atoms. The van der Waals surface area contributed by atoms with Crippen molar-refractivity contribution in [3.63, 3.8) is 0 Å². The van der Waals surface area contributed by atoms with Gasteiger partial charge in [0.25, 0.3) is 5.91 Å². The molecule has 2 aliphatic rings. The fourth-order valence-corrected chi connectivity index (χ4v) is 4.19. The third kappa shape index (κ3) is 3.99. The van der Waals surface area contributed by atoms with Crippen LogP contribution in [0.15, 0.2) is 34.9 Å². The van der Waals surface area contributed by atoms with E-state index in [-0.39, 0.29) is 30.7 Å². The summed E-state index contributed by atoms with van der Waals surface area (Å²) < 4.78 is 16.3. The first-order valence-electron chi connectivity index (χ1n) is 10.5. The number of carbonyl (C=O) groups excluding carboxylic acids is 2. The first-order valence-corrected chi connectivity index (χ1v) is 10.5. The van der Waals surface area contributed by atoms with E-state index in [4.69, 9.17) is 14.0 Å². The summed E-state index contributed by atoms with van der Waals surface area (Å²) in [5.41, 5.74) is 1.03. The zero-order chi connectivity index (χ0) is 21.1. The van der Waals surface area contributed by atoms with Crippen LogP contribution in [0.3, 0.4) is 0 Å². The molecule has 2 aromatic rings. The number of rotatable bonds is 6. The van der Waals surface area contributed by atoms with Crippen molar-refractivity contribution in [2.75, 3.05) is 19.7 Å². The molecule has 8 nitrogen and oxygen atoms in total. The summed E-state index contributed by atoms with van der Waals surface area (Å²) >= 11 is 0. The minimum atomic E-state index is -0.234. The van der Waals surface area contributed by atoms with Gasteiger partial charge in [-0.15, -0.1) is 0 Å². The maximum atomic E-state index is 13.2. The summed E-state index contributed by atoms with van der Waals surface area (Å²) in [7, 11) is 0. The van der Waals surface area contributed by atoms with Crippen LogP contribution in [-0.2, 0) is 11.3 Å². The van der Waals surface area contributed by atoms with E-state index in [1.807, 2.05) is 40.1 Å². The Kier molecular flexibility index (Phi) is 5.92. The zero-order valence-corrected chi connectivity index (χ0v) is 17.4. The van der Waals surface area contributed by atoms with Gasteiger partial charge in [0.1, 0.15) is 24.5 Å². The topological polar surface area (TPSA) is 85.1 Å². The summed E-state index contributed by atoms with van der Waals surface area (Å²) in [5.74, 6) is 1.03. The lowest BCUT2D eigenvalue weighted by molar-refractivity contribution is 0.0630. The first kappa shape index (κ1) is 20.3. The van der Waals surface area contributed by atoms with Crippen LogP contribution < -0.4 is 4.74 Å². The molecule has 1 atom stereocenters. The van der Waals surface area contributed by atoms with E-state index in [9.17, 15) is 9.59 Å². The SMILES string of the molecule is CCC1COC(=O)N1C1CCN(C(=O)c2c(C)noc2COc2ccccc2)CC1. The van der Waals surface area contributed by atoms with Gasteiger partial charge in [-0.1, -0.05) is 30.3 Å². The van der Waals surface area contributed by atoms with Crippen molar-refractivity contribution in [3.8, 4) is 5.75 Å². The van der Waals surface area contributed by atoms with Gasteiger partial charge < -0.3 is 18.9 Å². The van der Waals surface area contributed by atoms with Crippen molar-refractivity contribution < 1.29 is 23.6 Å². The summed E-state index contributed by atoms with van der Waals surface area (Å²) in [6.07, 6.45) is 2.10. The minimum Gasteiger partial charge on any atom is -0.486 e. The number of hydrogen-bond acceptors (Lipinski definition) is 6. The molecule has 4 rings (SSSR count). The first-order chi connectivity index (χ1) is 14.6. The van der Waals surface area contributed by atoms with Gasteiger partial charge in [0.05, 0.1) is 11.7 Å². The normalized spacial score (nSPS) is 19.8. The second-order valence-electron chi connectivity index (χ2n) is 7.74. The second kappa shape index (κ2) is 8.77. The molecule has 0 N–H and O–H groups in total. The van der Waals surface area contributed by atoms with E-state index in [0.29, 0.717) is 42.5 Å². The van der Waals surface area contributed by atoms with Gasteiger partial charge in [0.15, 0.2) is 5.76 Å². The van der Waals surface area contributed by atoms with Crippen molar-refractivity contribution in [2.45, 2.75) is 51.8 Å². The van der Waals surface area contributed by atoms with Gasteiger partial charge in [-0.2, -0.15) is 0 Å². The zero-order valence-electron chi connectivity index (χ0n) is 17.4. The Bertz CT molecular complexity index is 889. The average Bonchev–Trinajstić information content (AvgIpc) is 3.34. The molecule has 2 amide bonds. The lowest BCUT2D eigenvalue weighted by Crippen LogP contribution is -2.49. The number of para-hydroxylation sites is 1. The Balaban J connectivity index is 1.40. The van der Waals surface area contributed by atoms with Gasteiger partial charge in [-0.05, 0) is 38.3 Å². The molecular formula is C22H27N3O5. The summed E-state index contributed by atoms with van der Waals surface area (Å²) in [6.45, 7) is 5.58. The van der Waals surface area contributed by atoms with E-state index < -0.39 is 0 Å². The van der Waals surface area contributed by atoms with Crippen LogP contribution >= 0.6 is 0 Å². The highest BCUT2D eigenvalue weighted by molar-refractivity contribution is 5.96. The standard InChI is InChI=1S/C22H27N3O5/c1-3-16-13-29-22(27)25(16)17-9-11-24(12-10-17)21(26)20-15(2)23-30-19(20)14-28-18-7-5-4-6-8-18/h4-8,16-17H,3,9-14H2,1-2H3. The molecule has 0 aliphatic carbocycles. The van der Waals surface area contributed by atoms with E-state index in [1.165, 1.54) is 0 Å². The maximum Gasteiger partial charge on any atom is 0.410 e. The summed E-state index contributed by atoms with van der Waals surface area (Å²) in [4.78, 5) is 29.0. The van der Waals surface area contributed by atoms with Crippen molar-refractivity contribution >= 4 is 12.0 Å². The van der Waals surface area contributed by atoms with Crippen molar-refractivity contribution in [2.24, 2.45) is 0 Å². The lowest BCUT2D eigenvalue weighted by atomic mass is 10.0. The van der Waals surface area contributed by atoms with Crippen LogP contribution in [-0.4, -0.2) is 58.7 Å². The largest absolute Gasteiger partial charge is 0.486 e. The highest BCUT2D eigenvalue weighted by Gasteiger charge is 2.39. The van der Waals surface area contributed by atoms with Crippen LogP contribution in [0.1, 0.15) is 48.0 Å². The van der Waals surface area contributed by atoms with Crippen LogP contribution in [0.25, 0.3) is 0 Å². The van der Waals surface area contributed by atoms with Crippen LogP contribution in [0.2, 0.25) is 0 Å². The van der Waals surface area contributed by atoms with Crippen molar-refractivity contribution in [1.82, 2.24) is 15.0 Å². The van der Waals surface area contributed by atoms with Gasteiger partial charge in [0, 0.05) is 19.1 Å². The third-order valence-electron chi connectivity index (χ3n) is 5.88. The molecule has 3 heterocycles. The molecule has 0 radical (unpaired) electrons. The molecule has 30 heavy (non-hydrogen) atoms. The molecule has 0 saturated carbocycles. The molecule has 2 fully saturated rings. The molecular weight excluding hydrogens is 386 g/mol. The fraction of sp³-hybridized carbons (Fsp3) is 0.500. The number of carbonyl (C=O) groups is 2. The summed E-state index contributed by atoms with van der Waals surface area (Å²) in [6, 6.07) is 9.62. The van der Waals surface area contributed by atoms with E-state index >= 15 is 0 Å². The number of aryl methyl sites for hydroxylation is 1. The number of ether oxygens (including phenoxy) is 2. The fourth-order valence-electron chi connectivity index (χ4n) is 4.19. The number of cyclic esters (lactones) is 1. The van der Waals surface area contributed by atoms with Gasteiger partial charge in [-0.3, -0.25) is 9.69 Å². The van der Waals surface area contributed by atoms with Gasteiger partial charge in [0.2, 0.25) is 0 Å². The van der Waals surface area contributed by atoms with Crippen molar-refractivity contribution in [3.05, 3.63) is 47.3 Å². The smallest absolute Gasteiger partial charge is 0.410 e. The second-order valence-corrected chi connectivity index (χ2v) is 7.74. The Morgan fingerprint density at radius 1 is 1.23 bits per heavy atom. The number of aromatic nitrogens is 1. The molecule has 160 valence electrons. The number of hydrogen-bond donors (Lipinski definition) is 0. The number of benzene rings is 1. The molecule has 2 saturated heterocycles. The molecule has 1 aromatic heterocycles. The average molecular weight is 413 g/mol. The van der Waals surface area contributed by atoms with Gasteiger partial charge >= 0.3 is 6.09 Å². The van der Waals surface area contributed by atoms with E-state index in [2.05, 4.69) is 12.1 Å². The number of likely N-dealkylation sites (tertiary alicyclic amines) is 1. The number of piperidine rings is 1. The third-order valence-corrected chi connectivity index (χ3v) is 5.88. The lowest BCUT2D eigenvalue weighted by Gasteiger charge is -2.37. The van der Waals surface area contributed by atoms with E-state index in [1.54, 1.807) is 6.92 Å². The Morgan fingerprint density at radius 2 is 1.97 bits per heavy atom. The monoisotopic (exact) mass is 413 g/mol. The molecule has 1 aromatic carbocycles. The minimum absolute atomic E-state index is 0.102. The molecule has 8 heteroatoms.